The zero-order chi connectivity index (χ0) is 10.4. The van der Waals surface area contributed by atoms with Crippen LogP contribution in [0.5, 0.6) is 0 Å². The van der Waals surface area contributed by atoms with Crippen molar-refractivity contribution in [3.05, 3.63) is 0 Å². The van der Waals surface area contributed by atoms with Gasteiger partial charge in [-0.05, 0) is 13.3 Å². The molecule has 0 radical (unpaired) electrons. The van der Waals surface area contributed by atoms with Gasteiger partial charge in [0.2, 0.25) is 0 Å². The summed E-state index contributed by atoms with van der Waals surface area (Å²) in [5, 5.41) is 8.40. The molecule has 0 spiro atoms. The quantitative estimate of drug-likeness (QED) is 0.422. The van der Waals surface area contributed by atoms with Crippen molar-refractivity contribution in [3.8, 4) is 0 Å². The third kappa shape index (κ3) is 7.74. The molecular weight excluding hydrogens is 214 g/mol. The van der Waals surface area contributed by atoms with E-state index in [0.717, 1.165) is 6.42 Å². The maximum atomic E-state index is 11.1. The van der Waals surface area contributed by atoms with Crippen molar-refractivity contribution in [1.29, 1.82) is 0 Å². The van der Waals surface area contributed by atoms with Crippen LogP contribution in [-0.2, 0) is 14.3 Å². The van der Waals surface area contributed by atoms with Crippen molar-refractivity contribution in [2.45, 2.75) is 38.5 Å². The van der Waals surface area contributed by atoms with Crippen molar-refractivity contribution >= 4 is 50.7 Å². The summed E-state index contributed by atoms with van der Waals surface area (Å²) in [4.78, 5) is 21.4. The van der Waals surface area contributed by atoms with Crippen LogP contribution in [0.2, 0.25) is 0 Å². The zero-order valence-electron chi connectivity index (χ0n) is 7.82. The Morgan fingerprint density at radius 1 is 1.50 bits per heavy atom. The van der Waals surface area contributed by atoms with Crippen LogP contribution >= 0.6 is 9.24 Å². The molecule has 0 amide bonds. The number of carbonyl (C=O) groups excluding carboxylic acids is 1. The molecule has 78 valence electrons. The molecule has 0 aliphatic rings. The van der Waals surface area contributed by atoms with Gasteiger partial charge in [0.25, 0.3) is 0 Å². The number of rotatable bonds is 5. The molecule has 0 aromatic carbocycles. The van der Waals surface area contributed by atoms with E-state index in [1.54, 1.807) is 6.92 Å². The molecule has 1 N–H and O–H groups in total. The van der Waals surface area contributed by atoms with Crippen LogP contribution in [0.1, 0.15) is 26.7 Å². The summed E-state index contributed by atoms with van der Waals surface area (Å²) in [6, 6.07) is 0. The standard InChI is InChI=1S/C8H15O4P.Na.H/c1-3-5(2)12-8(11)6(13)4-7(9)10;;/h5-6H,3-4,13H2,1-2H3,(H,9,10);;. The fourth-order valence-corrected chi connectivity index (χ4v) is 0.921. The fraction of sp³-hybridized carbons (Fsp3) is 0.750. The van der Waals surface area contributed by atoms with E-state index in [1.807, 2.05) is 6.92 Å². The van der Waals surface area contributed by atoms with E-state index in [-0.39, 0.29) is 42.1 Å². The number of ether oxygens (including phenoxy) is 1. The number of esters is 1. The summed E-state index contributed by atoms with van der Waals surface area (Å²) in [5.41, 5.74) is -0.647. The molecular formula is C8H16NaO4P. The molecule has 0 bridgehead atoms. The van der Waals surface area contributed by atoms with Gasteiger partial charge in [0.15, 0.2) is 0 Å². The third-order valence-electron chi connectivity index (χ3n) is 1.59. The van der Waals surface area contributed by atoms with E-state index in [0.29, 0.717) is 0 Å². The van der Waals surface area contributed by atoms with Crippen molar-refractivity contribution in [3.63, 3.8) is 0 Å². The molecule has 6 heteroatoms. The van der Waals surface area contributed by atoms with Crippen LogP contribution in [0.15, 0.2) is 0 Å². The van der Waals surface area contributed by atoms with Crippen molar-refractivity contribution in [2.24, 2.45) is 0 Å². The predicted molar refractivity (Wildman–Crippen MR) is 58.7 cm³/mol. The van der Waals surface area contributed by atoms with E-state index in [4.69, 9.17) is 9.84 Å². The number of carbonyl (C=O) groups is 2. The Hall–Kier alpha value is 0.370. The molecule has 0 rings (SSSR count). The Balaban J connectivity index is 0. The number of carboxylic acid groups (broad SMARTS) is 1. The third-order valence-corrected chi connectivity index (χ3v) is 2.10. The van der Waals surface area contributed by atoms with Gasteiger partial charge in [-0.25, -0.2) is 0 Å². The summed E-state index contributed by atoms with van der Waals surface area (Å²) in [6.45, 7) is 3.67. The Morgan fingerprint density at radius 3 is 2.36 bits per heavy atom. The van der Waals surface area contributed by atoms with Crippen LogP contribution in [-0.4, -0.2) is 58.4 Å². The summed E-state index contributed by atoms with van der Waals surface area (Å²) in [7, 11) is 2.17. The molecule has 0 aliphatic heterocycles. The first kappa shape index (κ1) is 16.8. The first-order chi connectivity index (χ1) is 5.97. The van der Waals surface area contributed by atoms with Crippen molar-refractivity contribution in [1.82, 2.24) is 0 Å². The van der Waals surface area contributed by atoms with E-state index < -0.39 is 17.6 Å². The van der Waals surface area contributed by atoms with Gasteiger partial charge in [-0.15, -0.1) is 9.24 Å². The normalized spacial score (nSPS) is 13.6. The average Bonchev–Trinajstić information content (AvgIpc) is 2.02. The number of aliphatic carboxylic acids is 1. The second kappa shape index (κ2) is 8.66. The summed E-state index contributed by atoms with van der Waals surface area (Å²) in [5.74, 6) is -1.47. The Bertz CT molecular complexity index is 198. The van der Waals surface area contributed by atoms with Crippen LogP contribution in [0.4, 0.5) is 0 Å². The second-order valence-corrected chi connectivity index (χ2v) is 3.66. The molecule has 4 nitrogen and oxygen atoms in total. The van der Waals surface area contributed by atoms with Crippen LogP contribution in [0.3, 0.4) is 0 Å². The summed E-state index contributed by atoms with van der Waals surface area (Å²) >= 11 is 0. The second-order valence-electron chi connectivity index (χ2n) is 2.86. The molecule has 0 saturated carbocycles. The van der Waals surface area contributed by atoms with Crippen molar-refractivity contribution < 1.29 is 19.4 Å². The SMILES string of the molecule is CCC(C)OC(=O)C(P)CC(=O)O.[NaH]. The first-order valence-electron chi connectivity index (χ1n) is 4.15. The maximum absolute atomic E-state index is 11.1. The van der Waals surface area contributed by atoms with Crippen molar-refractivity contribution in [2.75, 3.05) is 0 Å². The van der Waals surface area contributed by atoms with Crippen LogP contribution in [0, 0.1) is 0 Å². The van der Waals surface area contributed by atoms with Gasteiger partial charge < -0.3 is 9.84 Å². The van der Waals surface area contributed by atoms with E-state index in [1.165, 1.54) is 0 Å². The minimum atomic E-state index is -0.999. The Labute approximate surface area is 108 Å². The first-order valence-corrected chi connectivity index (χ1v) is 4.81. The molecule has 0 heterocycles. The summed E-state index contributed by atoms with van der Waals surface area (Å²) in [6.07, 6.45) is 0.375. The summed E-state index contributed by atoms with van der Waals surface area (Å²) < 4.78 is 4.94. The monoisotopic (exact) mass is 230 g/mol. The number of hydrogen-bond donors (Lipinski definition) is 1. The van der Waals surface area contributed by atoms with Gasteiger partial charge in [-0.2, -0.15) is 0 Å². The van der Waals surface area contributed by atoms with E-state index in [9.17, 15) is 9.59 Å². The molecule has 0 aromatic heterocycles. The molecule has 14 heavy (non-hydrogen) atoms. The molecule has 0 aromatic rings. The van der Waals surface area contributed by atoms with Gasteiger partial charge in [0, 0.05) is 0 Å². The Kier molecular flexibility index (Phi) is 10.4. The molecule has 3 unspecified atom stereocenters. The predicted octanol–water partition coefficient (Wildman–Crippen LogP) is 0.398. The van der Waals surface area contributed by atoms with Gasteiger partial charge in [-0.3, -0.25) is 9.59 Å². The topological polar surface area (TPSA) is 63.6 Å². The number of hydrogen-bond acceptors (Lipinski definition) is 3. The van der Waals surface area contributed by atoms with Gasteiger partial charge in [0.05, 0.1) is 18.2 Å². The minimum absolute atomic E-state index is 0. The Morgan fingerprint density at radius 2 is 2.00 bits per heavy atom. The zero-order valence-corrected chi connectivity index (χ0v) is 8.97. The molecule has 0 saturated heterocycles. The fourth-order valence-electron chi connectivity index (χ4n) is 0.640. The average molecular weight is 230 g/mol. The number of carboxylic acids is 1. The van der Waals surface area contributed by atoms with Crippen LogP contribution < -0.4 is 0 Å². The van der Waals surface area contributed by atoms with Gasteiger partial charge in [0.1, 0.15) is 0 Å². The van der Waals surface area contributed by atoms with Gasteiger partial charge >= 0.3 is 41.5 Å². The van der Waals surface area contributed by atoms with Gasteiger partial charge in [-0.1, -0.05) is 6.92 Å². The molecule has 0 fully saturated rings. The van der Waals surface area contributed by atoms with Crippen LogP contribution in [0.25, 0.3) is 0 Å². The van der Waals surface area contributed by atoms with E-state index >= 15 is 0 Å². The molecule has 3 atom stereocenters. The van der Waals surface area contributed by atoms with E-state index in [2.05, 4.69) is 9.24 Å². The molecule has 0 aliphatic carbocycles.